The molecule has 1 aromatic heterocycles. The number of aromatic nitrogens is 2. The topological polar surface area (TPSA) is 67.2 Å². The van der Waals surface area contributed by atoms with E-state index < -0.39 is 11.7 Å². The molecule has 1 saturated heterocycles. The Kier molecular flexibility index (Phi) is 4.44. The van der Waals surface area contributed by atoms with Gasteiger partial charge in [0, 0.05) is 25.3 Å². The van der Waals surface area contributed by atoms with Crippen molar-refractivity contribution in [2.24, 2.45) is 0 Å². The Balaban J connectivity index is 1.65. The van der Waals surface area contributed by atoms with Crippen molar-refractivity contribution >= 4 is 17.5 Å². The van der Waals surface area contributed by atoms with Crippen molar-refractivity contribution in [2.45, 2.75) is 38.6 Å². The van der Waals surface area contributed by atoms with Crippen LogP contribution in [0.3, 0.4) is 0 Å². The fourth-order valence-electron chi connectivity index (χ4n) is 3.71. The van der Waals surface area contributed by atoms with E-state index >= 15 is 0 Å². The number of imidazole rings is 1. The Morgan fingerprint density at radius 1 is 1.08 bits per heavy atom. The highest BCUT2D eigenvalue weighted by Crippen LogP contribution is 2.24. The zero-order valence-electron chi connectivity index (χ0n) is 14.5. The highest BCUT2D eigenvalue weighted by molar-refractivity contribution is 6.05. The van der Waals surface area contributed by atoms with E-state index in [-0.39, 0.29) is 11.6 Å². The number of rotatable bonds is 3. The predicted molar refractivity (Wildman–Crippen MR) is 94.7 cm³/mol. The lowest BCUT2D eigenvalue weighted by atomic mass is 10.1. The average Bonchev–Trinajstić information content (AvgIpc) is 3.29. The molecule has 0 radical (unpaired) electrons. The molecule has 0 aliphatic carbocycles. The molecule has 136 valence electrons. The van der Waals surface area contributed by atoms with Crippen LogP contribution >= 0.6 is 0 Å². The van der Waals surface area contributed by atoms with E-state index in [1.54, 1.807) is 11.0 Å². The van der Waals surface area contributed by atoms with Crippen molar-refractivity contribution in [3.05, 3.63) is 47.3 Å². The largest absolute Gasteiger partial charge is 0.336 e. The molecule has 1 N–H and O–H groups in total. The molecule has 2 aromatic rings. The third-order valence-electron chi connectivity index (χ3n) is 5.00. The molecule has 1 fully saturated rings. The monoisotopic (exact) mass is 356 g/mol. The number of fused-ring (bicyclic) bond motifs is 1. The van der Waals surface area contributed by atoms with E-state index in [2.05, 4.69) is 10.3 Å². The second kappa shape index (κ2) is 6.90. The van der Waals surface area contributed by atoms with E-state index in [0.29, 0.717) is 24.5 Å². The Labute approximate surface area is 151 Å². The zero-order chi connectivity index (χ0) is 18.1. The van der Waals surface area contributed by atoms with Gasteiger partial charge in [0.05, 0.1) is 5.69 Å². The number of hydrogen-bond donors (Lipinski definition) is 1. The van der Waals surface area contributed by atoms with Gasteiger partial charge in [0.1, 0.15) is 5.82 Å². The SMILES string of the molecule is O=C(Nc1cccc(F)c1)c1nc(C(=O)N2CCCC2)n2c1CCCC2. The first-order valence-electron chi connectivity index (χ1n) is 9.09. The molecule has 2 aliphatic rings. The van der Waals surface area contributed by atoms with Crippen LogP contribution in [0.25, 0.3) is 0 Å². The molecule has 0 atom stereocenters. The normalized spacial score (nSPS) is 16.4. The number of nitrogens with one attached hydrogen (secondary N) is 1. The third-order valence-corrected chi connectivity index (χ3v) is 5.00. The molecule has 26 heavy (non-hydrogen) atoms. The predicted octanol–water partition coefficient (Wildman–Crippen LogP) is 2.85. The van der Waals surface area contributed by atoms with Crippen LogP contribution in [0.2, 0.25) is 0 Å². The van der Waals surface area contributed by atoms with Gasteiger partial charge < -0.3 is 14.8 Å². The Bertz CT molecular complexity index is 855. The number of nitrogens with zero attached hydrogens (tertiary/aromatic N) is 3. The number of carbonyl (C=O) groups is 2. The van der Waals surface area contributed by atoms with Crippen LogP contribution < -0.4 is 5.32 Å². The maximum absolute atomic E-state index is 13.4. The first-order chi connectivity index (χ1) is 12.6. The summed E-state index contributed by atoms with van der Waals surface area (Å²) >= 11 is 0. The lowest BCUT2D eigenvalue weighted by Gasteiger charge is -2.19. The number of carbonyl (C=O) groups excluding carboxylic acids is 2. The van der Waals surface area contributed by atoms with Crippen molar-refractivity contribution in [1.82, 2.24) is 14.5 Å². The van der Waals surface area contributed by atoms with Crippen LogP contribution in [-0.2, 0) is 13.0 Å². The summed E-state index contributed by atoms with van der Waals surface area (Å²) < 4.78 is 15.2. The van der Waals surface area contributed by atoms with Crippen LogP contribution in [-0.4, -0.2) is 39.4 Å². The van der Waals surface area contributed by atoms with E-state index in [4.69, 9.17) is 0 Å². The molecule has 0 spiro atoms. The summed E-state index contributed by atoms with van der Waals surface area (Å²) in [5, 5.41) is 2.69. The van der Waals surface area contributed by atoms with Crippen molar-refractivity contribution < 1.29 is 14.0 Å². The number of amides is 2. The maximum atomic E-state index is 13.4. The van der Waals surface area contributed by atoms with Gasteiger partial charge in [0.2, 0.25) is 0 Å². The number of benzene rings is 1. The van der Waals surface area contributed by atoms with Gasteiger partial charge in [-0.15, -0.1) is 0 Å². The number of likely N-dealkylation sites (tertiary alicyclic amines) is 1. The summed E-state index contributed by atoms with van der Waals surface area (Å²) in [7, 11) is 0. The molecule has 3 heterocycles. The van der Waals surface area contributed by atoms with E-state index in [0.717, 1.165) is 44.5 Å². The van der Waals surface area contributed by atoms with Gasteiger partial charge in [-0.05, 0) is 50.3 Å². The molecular weight excluding hydrogens is 335 g/mol. The van der Waals surface area contributed by atoms with Crippen LogP contribution in [0.15, 0.2) is 24.3 Å². The van der Waals surface area contributed by atoms with Crippen molar-refractivity contribution in [3.63, 3.8) is 0 Å². The molecule has 4 rings (SSSR count). The third kappa shape index (κ3) is 3.09. The summed E-state index contributed by atoms with van der Waals surface area (Å²) in [5.74, 6) is -0.567. The van der Waals surface area contributed by atoms with Crippen LogP contribution in [0, 0.1) is 5.82 Å². The molecular formula is C19H21FN4O2. The van der Waals surface area contributed by atoms with Crippen molar-refractivity contribution in [2.75, 3.05) is 18.4 Å². The van der Waals surface area contributed by atoms with Crippen molar-refractivity contribution in [1.29, 1.82) is 0 Å². The lowest BCUT2D eigenvalue weighted by molar-refractivity contribution is 0.0774. The zero-order valence-corrected chi connectivity index (χ0v) is 14.5. The van der Waals surface area contributed by atoms with Gasteiger partial charge in [0.15, 0.2) is 11.5 Å². The van der Waals surface area contributed by atoms with Gasteiger partial charge >= 0.3 is 0 Å². The summed E-state index contributed by atoms with van der Waals surface area (Å²) in [6.45, 7) is 2.18. The molecule has 6 nitrogen and oxygen atoms in total. The minimum absolute atomic E-state index is 0.101. The van der Waals surface area contributed by atoms with Gasteiger partial charge in [-0.2, -0.15) is 0 Å². The molecule has 2 aliphatic heterocycles. The molecule has 0 bridgehead atoms. The lowest BCUT2D eigenvalue weighted by Crippen LogP contribution is -2.31. The number of hydrogen-bond acceptors (Lipinski definition) is 3. The summed E-state index contributed by atoms with van der Waals surface area (Å²) in [4.78, 5) is 31.8. The second-order valence-electron chi connectivity index (χ2n) is 6.80. The summed E-state index contributed by atoms with van der Waals surface area (Å²) in [6, 6.07) is 5.74. The minimum Gasteiger partial charge on any atom is -0.336 e. The molecule has 1 aromatic carbocycles. The number of anilines is 1. The fourth-order valence-corrected chi connectivity index (χ4v) is 3.71. The van der Waals surface area contributed by atoms with Crippen molar-refractivity contribution in [3.8, 4) is 0 Å². The Morgan fingerprint density at radius 3 is 2.62 bits per heavy atom. The van der Waals surface area contributed by atoms with Crippen LogP contribution in [0.4, 0.5) is 10.1 Å². The van der Waals surface area contributed by atoms with E-state index in [1.165, 1.54) is 18.2 Å². The minimum atomic E-state index is -0.417. The maximum Gasteiger partial charge on any atom is 0.289 e. The van der Waals surface area contributed by atoms with Gasteiger partial charge in [-0.3, -0.25) is 9.59 Å². The van der Waals surface area contributed by atoms with E-state index in [1.807, 2.05) is 4.57 Å². The first-order valence-corrected chi connectivity index (χ1v) is 9.09. The quantitative estimate of drug-likeness (QED) is 0.920. The molecule has 0 saturated carbocycles. The average molecular weight is 356 g/mol. The van der Waals surface area contributed by atoms with Gasteiger partial charge in [-0.1, -0.05) is 6.07 Å². The molecule has 2 amide bonds. The van der Waals surface area contributed by atoms with Gasteiger partial charge in [-0.25, -0.2) is 9.37 Å². The van der Waals surface area contributed by atoms with Crippen LogP contribution in [0.1, 0.15) is 52.5 Å². The Hall–Kier alpha value is -2.70. The summed E-state index contributed by atoms with van der Waals surface area (Å²) in [5.41, 5.74) is 1.45. The smallest absolute Gasteiger partial charge is 0.289 e. The number of halogens is 1. The first kappa shape index (κ1) is 16.8. The molecule has 7 heteroatoms. The standard InChI is InChI=1S/C19H21FN4O2/c20-13-6-5-7-14(12-13)21-18(25)16-15-8-1-2-11-24(15)17(22-16)19(26)23-9-3-4-10-23/h5-7,12H,1-4,8-11H2,(H,21,25). The van der Waals surface area contributed by atoms with Gasteiger partial charge in [0.25, 0.3) is 11.8 Å². The Morgan fingerprint density at radius 2 is 1.85 bits per heavy atom. The summed E-state index contributed by atoms with van der Waals surface area (Å²) in [6.07, 6.45) is 4.66. The highest BCUT2D eigenvalue weighted by Gasteiger charge is 2.30. The molecule has 0 unspecified atom stereocenters. The van der Waals surface area contributed by atoms with E-state index in [9.17, 15) is 14.0 Å². The fraction of sp³-hybridized carbons (Fsp3) is 0.421. The van der Waals surface area contributed by atoms with Crippen LogP contribution in [0.5, 0.6) is 0 Å². The second-order valence-corrected chi connectivity index (χ2v) is 6.80. The highest BCUT2D eigenvalue weighted by atomic mass is 19.1.